The second-order valence-electron chi connectivity index (χ2n) is 6.28. The van der Waals surface area contributed by atoms with Crippen molar-refractivity contribution in [1.82, 2.24) is 4.90 Å². The molecule has 1 aliphatic rings. The summed E-state index contributed by atoms with van der Waals surface area (Å²) >= 11 is 0. The van der Waals surface area contributed by atoms with E-state index in [-0.39, 0.29) is 5.03 Å². The SMILES string of the molecule is CCN(CC)C1=N/C(=C(/N)S(=O)c2ccccc2)Nc2cc(OC)c(OC)cc21. The van der Waals surface area contributed by atoms with Crippen LogP contribution < -0.4 is 20.5 Å². The Morgan fingerprint density at radius 3 is 2.31 bits per heavy atom. The maximum atomic E-state index is 13.0. The molecule has 0 aromatic heterocycles. The Kier molecular flexibility index (Phi) is 6.43. The van der Waals surface area contributed by atoms with Crippen molar-refractivity contribution < 1.29 is 13.7 Å². The summed E-state index contributed by atoms with van der Waals surface area (Å²) in [6, 6.07) is 12.8. The molecule has 0 radical (unpaired) electrons. The van der Waals surface area contributed by atoms with Gasteiger partial charge in [-0.1, -0.05) is 18.2 Å². The normalized spacial score (nSPS) is 15.5. The van der Waals surface area contributed by atoms with Gasteiger partial charge in [-0.2, -0.15) is 0 Å². The Morgan fingerprint density at radius 1 is 1.10 bits per heavy atom. The van der Waals surface area contributed by atoms with E-state index in [0.717, 1.165) is 30.2 Å². The molecular weight excluding hydrogens is 388 g/mol. The zero-order valence-electron chi connectivity index (χ0n) is 17.1. The van der Waals surface area contributed by atoms with E-state index in [2.05, 4.69) is 24.1 Å². The number of hydrogen-bond acceptors (Lipinski definition) is 7. The van der Waals surface area contributed by atoms with Gasteiger partial charge in [0.1, 0.15) is 21.7 Å². The smallest absolute Gasteiger partial charge is 0.165 e. The molecule has 3 N–H and O–H groups in total. The second-order valence-corrected chi connectivity index (χ2v) is 7.73. The lowest BCUT2D eigenvalue weighted by atomic mass is 10.1. The molecule has 1 atom stereocenters. The zero-order chi connectivity index (χ0) is 21.0. The summed E-state index contributed by atoms with van der Waals surface area (Å²) in [5, 5.41) is 3.39. The molecule has 8 heteroatoms. The van der Waals surface area contributed by atoms with Crippen molar-refractivity contribution >= 4 is 22.3 Å². The van der Waals surface area contributed by atoms with E-state index in [4.69, 9.17) is 20.2 Å². The number of nitrogens with zero attached hydrogens (tertiary/aromatic N) is 2. The minimum Gasteiger partial charge on any atom is -0.493 e. The van der Waals surface area contributed by atoms with Crippen LogP contribution in [0.4, 0.5) is 5.69 Å². The summed E-state index contributed by atoms with van der Waals surface area (Å²) in [6.45, 7) is 5.64. The Bertz CT molecular complexity index is 969. The van der Waals surface area contributed by atoms with E-state index in [0.29, 0.717) is 22.2 Å². The van der Waals surface area contributed by atoms with Crippen LogP contribution in [-0.4, -0.2) is 42.3 Å². The minimum atomic E-state index is -1.53. The molecule has 29 heavy (non-hydrogen) atoms. The molecule has 1 aliphatic heterocycles. The van der Waals surface area contributed by atoms with Crippen molar-refractivity contribution in [3.8, 4) is 11.5 Å². The number of nitrogens with two attached hydrogens (primary N) is 1. The van der Waals surface area contributed by atoms with Crippen molar-refractivity contribution in [1.29, 1.82) is 0 Å². The van der Waals surface area contributed by atoms with Crippen LogP contribution in [0.5, 0.6) is 11.5 Å². The summed E-state index contributed by atoms with van der Waals surface area (Å²) in [7, 11) is 1.65. The van der Waals surface area contributed by atoms with Crippen LogP contribution >= 0.6 is 0 Å². The highest BCUT2D eigenvalue weighted by atomic mass is 32.2. The van der Waals surface area contributed by atoms with Gasteiger partial charge in [-0.15, -0.1) is 0 Å². The largest absolute Gasteiger partial charge is 0.493 e. The third kappa shape index (κ3) is 4.07. The quantitative estimate of drug-likeness (QED) is 0.755. The van der Waals surface area contributed by atoms with Crippen LogP contribution in [0.3, 0.4) is 0 Å². The maximum Gasteiger partial charge on any atom is 0.165 e. The van der Waals surface area contributed by atoms with Crippen LogP contribution in [0.1, 0.15) is 19.4 Å². The van der Waals surface area contributed by atoms with Gasteiger partial charge in [0.05, 0.1) is 19.9 Å². The number of anilines is 1. The van der Waals surface area contributed by atoms with E-state index in [1.165, 1.54) is 0 Å². The minimum absolute atomic E-state index is 0.168. The zero-order valence-corrected chi connectivity index (χ0v) is 17.9. The fourth-order valence-corrected chi connectivity index (χ4v) is 4.06. The Balaban J connectivity index is 2.15. The van der Waals surface area contributed by atoms with Crippen molar-refractivity contribution in [2.45, 2.75) is 18.7 Å². The van der Waals surface area contributed by atoms with Gasteiger partial charge in [0.25, 0.3) is 0 Å². The molecule has 2 aromatic rings. The standard InChI is InChI=1S/C21H26N4O3S/c1-5-25(6-2)21-15-12-17(27-3)18(28-4)13-16(15)23-20(24-21)19(22)29(26)14-10-8-7-9-11-14/h7-13,23H,5-6,22H2,1-4H3/b20-19-. The van der Waals surface area contributed by atoms with E-state index in [1.807, 2.05) is 30.3 Å². The van der Waals surface area contributed by atoms with Gasteiger partial charge in [-0.05, 0) is 32.0 Å². The molecule has 1 heterocycles. The number of fused-ring (bicyclic) bond motifs is 1. The number of amidine groups is 1. The van der Waals surface area contributed by atoms with E-state index in [1.54, 1.807) is 26.4 Å². The van der Waals surface area contributed by atoms with Crippen LogP contribution in [0.25, 0.3) is 0 Å². The van der Waals surface area contributed by atoms with Gasteiger partial charge < -0.3 is 25.4 Å². The number of aliphatic imine (C=N–C) groups is 1. The maximum absolute atomic E-state index is 13.0. The summed E-state index contributed by atoms with van der Waals surface area (Å²) in [4.78, 5) is 7.48. The van der Waals surface area contributed by atoms with E-state index < -0.39 is 10.8 Å². The molecule has 0 saturated carbocycles. The average molecular weight is 415 g/mol. The highest BCUT2D eigenvalue weighted by Crippen LogP contribution is 2.37. The first-order valence-electron chi connectivity index (χ1n) is 9.37. The van der Waals surface area contributed by atoms with E-state index >= 15 is 0 Å². The number of rotatable bonds is 6. The average Bonchev–Trinajstić information content (AvgIpc) is 2.78. The topological polar surface area (TPSA) is 89.2 Å². The van der Waals surface area contributed by atoms with Crippen molar-refractivity contribution in [2.24, 2.45) is 10.7 Å². The fourth-order valence-electron chi connectivity index (χ4n) is 3.13. The van der Waals surface area contributed by atoms with E-state index in [9.17, 15) is 4.21 Å². The molecule has 0 fully saturated rings. The third-order valence-electron chi connectivity index (χ3n) is 4.69. The lowest BCUT2D eigenvalue weighted by Gasteiger charge is -2.29. The first kappa shape index (κ1) is 20.7. The van der Waals surface area contributed by atoms with Crippen LogP contribution in [0.15, 0.2) is 63.2 Å². The molecule has 0 saturated heterocycles. The van der Waals surface area contributed by atoms with Gasteiger partial charge in [0.15, 0.2) is 17.3 Å². The first-order valence-corrected chi connectivity index (χ1v) is 10.5. The molecular formula is C21H26N4O3S. The van der Waals surface area contributed by atoms with Gasteiger partial charge in [-0.25, -0.2) is 9.20 Å². The monoisotopic (exact) mass is 414 g/mol. The first-order chi connectivity index (χ1) is 14.0. The number of methoxy groups -OCH3 is 2. The molecule has 1 unspecified atom stereocenters. The van der Waals surface area contributed by atoms with Gasteiger partial charge >= 0.3 is 0 Å². The van der Waals surface area contributed by atoms with Crippen LogP contribution in [-0.2, 0) is 10.8 Å². The summed E-state index contributed by atoms with van der Waals surface area (Å²) in [6.07, 6.45) is 0. The van der Waals surface area contributed by atoms with Crippen molar-refractivity contribution in [2.75, 3.05) is 32.6 Å². The van der Waals surface area contributed by atoms with Gasteiger partial charge in [0, 0.05) is 29.6 Å². The second kappa shape index (κ2) is 9.00. The highest BCUT2D eigenvalue weighted by molar-refractivity contribution is 7.89. The highest BCUT2D eigenvalue weighted by Gasteiger charge is 2.26. The summed E-state index contributed by atoms with van der Waals surface area (Å²) < 4.78 is 23.8. The lowest BCUT2D eigenvalue weighted by Crippen LogP contribution is -2.34. The summed E-state index contributed by atoms with van der Waals surface area (Å²) in [5.41, 5.74) is 7.92. The van der Waals surface area contributed by atoms with Crippen LogP contribution in [0, 0.1) is 0 Å². The molecule has 2 aromatic carbocycles. The number of ether oxygens (including phenoxy) is 2. The predicted molar refractivity (Wildman–Crippen MR) is 117 cm³/mol. The van der Waals surface area contributed by atoms with Crippen molar-refractivity contribution in [3.05, 3.63) is 58.9 Å². The number of benzene rings is 2. The molecule has 154 valence electrons. The fraction of sp³-hybridized carbons (Fsp3) is 0.286. The summed E-state index contributed by atoms with van der Waals surface area (Å²) in [5.74, 6) is 2.31. The Labute approximate surface area is 173 Å². The van der Waals surface area contributed by atoms with Gasteiger partial charge in [-0.3, -0.25) is 0 Å². The van der Waals surface area contributed by atoms with Crippen LogP contribution in [0.2, 0.25) is 0 Å². The Hall–Kier alpha value is -3.00. The molecule has 0 amide bonds. The predicted octanol–water partition coefficient (Wildman–Crippen LogP) is 3.11. The van der Waals surface area contributed by atoms with Gasteiger partial charge in [0.2, 0.25) is 0 Å². The van der Waals surface area contributed by atoms with Crippen molar-refractivity contribution in [3.63, 3.8) is 0 Å². The Morgan fingerprint density at radius 2 is 1.72 bits per heavy atom. The third-order valence-corrected chi connectivity index (χ3v) is 5.98. The lowest BCUT2D eigenvalue weighted by molar-refractivity contribution is 0.355. The molecule has 7 nitrogen and oxygen atoms in total. The molecule has 0 aliphatic carbocycles. The number of nitrogens with one attached hydrogen (secondary N) is 1. The molecule has 0 bridgehead atoms. The molecule has 3 rings (SSSR count). The molecule has 0 spiro atoms. The number of hydrogen-bond donors (Lipinski definition) is 2.